The predicted molar refractivity (Wildman–Crippen MR) is 77.5 cm³/mol. The zero-order chi connectivity index (χ0) is 15.5. The number of halogens is 1. The number of sulfonamides is 1. The van der Waals surface area contributed by atoms with Crippen LogP contribution in [-0.4, -0.2) is 26.7 Å². The lowest BCUT2D eigenvalue weighted by Gasteiger charge is -2.11. The second kappa shape index (κ2) is 6.14. The molecule has 1 saturated carbocycles. The fraction of sp³-hybridized carbons (Fsp3) is 0.467. The summed E-state index contributed by atoms with van der Waals surface area (Å²) >= 11 is 0. The van der Waals surface area contributed by atoms with Gasteiger partial charge in [-0.15, -0.1) is 0 Å². The van der Waals surface area contributed by atoms with Gasteiger partial charge in [0.15, 0.2) is 0 Å². The summed E-state index contributed by atoms with van der Waals surface area (Å²) in [6.45, 7) is 2.25. The highest BCUT2D eigenvalue weighted by atomic mass is 32.2. The van der Waals surface area contributed by atoms with Crippen molar-refractivity contribution in [1.29, 1.82) is 0 Å². The van der Waals surface area contributed by atoms with Gasteiger partial charge in [-0.05, 0) is 36.5 Å². The number of benzene rings is 1. The quantitative estimate of drug-likeness (QED) is 0.812. The Hall–Kier alpha value is -1.42. The van der Waals surface area contributed by atoms with Crippen molar-refractivity contribution in [1.82, 2.24) is 4.72 Å². The molecule has 0 radical (unpaired) electrons. The Balaban J connectivity index is 2.14. The Morgan fingerprint density at radius 3 is 2.71 bits per heavy atom. The first-order valence-corrected chi connectivity index (χ1v) is 8.24. The number of hydrogen-bond acceptors (Lipinski definition) is 3. The number of nitrogens with one attached hydrogen (secondary N) is 1. The van der Waals surface area contributed by atoms with E-state index in [0.29, 0.717) is 18.5 Å². The molecule has 0 aliphatic heterocycles. The molecular formula is C15H18FNO3S. The third kappa shape index (κ3) is 4.27. The van der Waals surface area contributed by atoms with Crippen molar-refractivity contribution < 1.29 is 17.9 Å². The fourth-order valence-electron chi connectivity index (χ4n) is 1.75. The maximum atomic E-state index is 14.0. The smallest absolute Gasteiger partial charge is 0.243 e. The van der Waals surface area contributed by atoms with E-state index in [9.17, 15) is 12.8 Å². The topological polar surface area (TPSA) is 66.4 Å². The van der Waals surface area contributed by atoms with Crippen LogP contribution >= 0.6 is 0 Å². The molecule has 0 heterocycles. The van der Waals surface area contributed by atoms with E-state index in [4.69, 9.17) is 5.11 Å². The molecule has 0 unspecified atom stereocenters. The van der Waals surface area contributed by atoms with Gasteiger partial charge in [0.05, 0.1) is 6.61 Å². The van der Waals surface area contributed by atoms with E-state index >= 15 is 0 Å². The van der Waals surface area contributed by atoms with Gasteiger partial charge in [0, 0.05) is 18.5 Å². The first-order valence-electron chi connectivity index (χ1n) is 6.75. The van der Waals surface area contributed by atoms with Crippen LogP contribution in [0.5, 0.6) is 0 Å². The van der Waals surface area contributed by atoms with E-state index in [1.807, 2.05) is 6.92 Å². The lowest BCUT2D eigenvalue weighted by molar-refractivity contribution is 0.305. The van der Waals surface area contributed by atoms with Crippen LogP contribution in [0.3, 0.4) is 0 Å². The van der Waals surface area contributed by atoms with Gasteiger partial charge in [-0.3, -0.25) is 0 Å². The summed E-state index contributed by atoms with van der Waals surface area (Å²) in [6, 6.07) is 3.77. The molecule has 2 rings (SSSR count). The number of rotatable bonds is 5. The first kappa shape index (κ1) is 16.0. The Kier molecular flexibility index (Phi) is 4.67. The highest BCUT2D eigenvalue weighted by Crippen LogP contribution is 2.44. The van der Waals surface area contributed by atoms with Crippen LogP contribution in [-0.2, 0) is 10.0 Å². The Bertz CT molecular complexity index is 685. The van der Waals surface area contributed by atoms with Crippen LogP contribution in [0.25, 0.3) is 0 Å². The van der Waals surface area contributed by atoms with Crippen LogP contribution in [0, 0.1) is 23.1 Å². The molecule has 1 fully saturated rings. The summed E-state index contributed by atoms with van der Waals surface area (Å²) in [4.78, 5) is -0.362. The molecule has 0 aromatic heterocycles. The SMILES string of the molecule is CC1(CNS(=O)(=O)c2ccc(C#CCCO)cc2F)CC1. The van der Waals surface area contributed by atoms with Gasteiger partial charge in [0.1, 0.15) is 10.7 Å². The van der Waals surface area contributed by atoms with Crippen molar-refractivity contribution in [3.63, 3.8) is 0 Å². The maximum absolute atomic E-state index is 14.0. The van der Waals surface area contributed by atoms with Crippen molar-refractivity contribution >= 4 is 10.0 Å². The molecule has 1 aliphatic rings. The van der Waals surface area contributed by atoms with E-state index in [1.165, 1.54) is 12.1 Å². The van der Waals surface area contributed by atoms with Gasteiger partial charge in [-0.25, -0.2) is 17.5 Å². The molecule has 0 amide bonds. The minimum Gasteiger partial charge on any atom is -0.395 e. The number of hydrogen-bond donors (Lipinski definition) is 2. The predicted octanol–water partition coefficient (Wildman–Crippen LogP) is 1.64. The lowest BCUT2D eigenvalue weighted by atomic mass is 10.2. The van der Waals surface area contributed by atoms with E-state index in [0.717, 1.165) is 18.9 Å². The van der Waals surface area contributed by atoms with E-state index in [2.05, 4.69) is 16.6 Å². The van der Waals surface area contributed by atoms with Crippen LogP contribution in [0.15, 0.2) is 23.1 Å². The molecule has 0 saturated heterocycles. The van der Waals surface area contributed by atoms with Crippen LogP contribution in [0.2, 0.25) is 0 Å². The van der Waals surface area contributed by atoms with E-state index < -0.39 is 15.8 Å². The van der Waals surface area contributed by atoms with Gasteiger partial charge in [0.2, 0.25) is 10.0 Å². The molecule has 1 aliphatic carbocycles. The second-order valence-corrected chi connectivity index (χ2v) is 7.29. The first-order chi connectivity index (χ1) is 9.86. The van der Waals surface area contributed by atoms with Gasteiger partial charge in [-0.1, -0.05) is 18.8 Å². The molecule has 0 atom stereocenters. The minimum absolute atomic E-state index is 0.0132. The molecule has 1 aromatic carbocycles. The third-order valence-corrected chi connectivity index (χ3v) is 4.92. The highest BCUT2D eigenvalue weighted by Gasteiger charge is 2.38. The van der Waals surface area contributed by atoms with Gasteiger partial charge < -0.3 is 5.11 Å². The number of aliphatic hydroxyl groups is 1. The minimum atomic E-state index is -3.84. The van der Waals surface area contributed by atoms with E-state index in [-0.39, 0.29) is 16.9 Å². The molecule has 4 nitrogen and oxygen atoms in total. The summed E-state index contributed by atoms with van der Waals surface area (Å²) < 4.78 is 40.6. The summed E-state index contributed by atoms with van der Waals surface area (Å²) in [7, 11) is -3.84. The summed E-state index contributed by atoms with van der Waals surface area (Å²) in [5.74, 6) is 4.50. The standard InChI is InChI=1S/C15H18FNO3S/c1-15(7-8-15)11-17-21(19,20)14-6-5-12(10-13(14)16)4-2-3-9-18/h5-6,10,17-18H,3,7-9,11H2,1H3. The van der Waals surface area contributed by atoms with Crippen molar-refractivity contribution in [2.45, 2.75) is 31.1 Å². The molecular weight excluding hydrogens is 293 g/mol. The number of aliphatic hydroxyl groups excluding tert-OH is 1. The average molecular weight is 311 g/mol. The third-order valence-electron chi connectivity index (χ3n) is 3.48. The van der Waals surface area contributed by atoms with Crippen molar-refractivity contribution in [2.24, 2.45) is 5.41 Å². The molecule has 114 valence electrons. The molecule has 1 aromatic rings. The Morgan fingerprint density at radius 1 is 1.43 bits per heavy atom. The molecule has 21 heavy (non-hydrogen) atoms. The van der Waals surface area contributed by atoms with Gasteiger partial charge in [-0.2, -0.15) is 0 Å². The average Bonchev–Trinajstić information content (AvgIpc) is 3.16. The Labute approximate surface area is 124 Å². The summed E-state index contributed by atoms with van der Waals surface area (Å²) in [6.07, 6.45) is 2.26. The zero-order valence-electron chi connectivity index (χ0n) is 11.8. The zero-order valence-corrected chi connectivity index (χ0v) is 12.6. The second-order valence-electron chi connectivity index (χ2n) is 5.56. The van der Waals surface area contributed by atoms with Crippen molar-refractivity contribution in [3.8, 4) is 11.8 Å². The molecule has 6 heteroatoms. The van der Waals surface area contributed by atoms with Crippen LogP contribution in [0.4, 0.5) is 4.39 Å². The fourth-order valence-corrected chi connectivity index (χ4v) is 3.01. The molecule has 0 spiro atoms. The van der Waals surface area contributed by atoms with Gasteiger partial charge in [0.25, 0.3) is 0 Å². The molecule has 0 bridgehead atoms. The van der Waals surface area contributed by atoms with Crippen LogP contribution < -0.4 is 4.72 Å². The van der Waals surface area contributed by atoms with Crippen molar-refractivity contribution in [2.75, 3.05) is 13.2 Å². The largest absolute Gasteiger partial charge is 0.395 e. The van der Waals surface area contributed by atoms with Crippen molar-refractivity contribution in [3.05, 3.63) is 29.6 Å². The lowest BCUT2D eigenvalue weighted by Crippen LogP contribution is -2.29. The van der Waals surface area contributed by atoms with Gasteiger partial charge >= 0.3 is 0 Å². The maximum Gasteiger partial charge on any atom is 0.243 e. The highest BCUT2D eigenvalue weighted by molar-refractivity contribution is 7.89. The normalized spacial score (nSPS) is 16.1. The summed E-state index contributed by atoms with van der Waals surface area (Å²) in [5.41, 5.74) is 0.397. The molecule has 2 N–H and O–H groups in total. The Morgan fingerprint density at radius 2 is 2.14 bits per heavy atom. The monoisotopic (exact) mass is 311 g/mol. The van der Waals surface area contributed by atoms with E-state index in [1.54, 1.807) is 0 Å². The van der Waals surface area contributed by atoms with Crippen LogP contribution in [0.1, 0.15) is 31.7 Å². The summed E-state index contributed by atoms with van der Waals surface area (Å²) in [5, 5.41) is 8.62.